The minimum Gasteiger partial charge on any atom is -0.481 e. The van der Waals surface area contributed by atoms with Gasteiger partial charge in [0.15, 0.2) is 0 Å². The lowest BCUT2D eigenvalue weighted by molar-refractivity contribution is -0.143. The van der Waals surface area contributed by atoms with Crippen LogP contribution in [-0.2, 0) is 4.79 Å². The molecule has 0 aromatic heterocycles. The first-order valence-corrected chi connectivity index (χ1v) is 12.0. The maximum atomic E-state index is 12.4. The molecule has 36 heavy (non-hydrogen) atoms. The number of nitrogens with zero attached hydrogens (tertiary/aromatic N) is 1. The van der Waals surface area contributed by atoms with E-state index in [0.717, 1.165) is 40.2 Å². The Bertz CT molecular complexity index is 1300. The third-order valence-corrected chi connectivity index (χ3v) is 6.90. The number of nitrogens with two attached hydrogens (primary N) is 1. The van der Waals surface area contributed by atoms with E-state index in [0.29, 0.717) is 17.5 Å². The first kappa shape index (κ1) is 25.1. The number of carbonyl (C=O) groups is 4. The molecule has 1 aliphatic heterocycles. The highest BCUT2D eigenvalue weighted by Gasteiger charge is 2.41. The van der Waals surface area contributed by atoms with Crippen LogP contribution >= 0.6 is 11.6 Å². The number of anilines is 1. The number of halogens is 1. The van der Waals surface area contributed by atoms with Gasteiger partial charge in [-0.3, -0.25) is 24.1 Å². The summed E-state index contributed by atoms with van der Waals surface area (Å²) < 4.78 is 0. The summed E-state index contributed by atoms with van der Waals surface area (Å²) in [4.78, 5) is 47.5. The monoisotopic (exact) mass is 504 g/mol. The van der Waals surface area contributed by atoms with Crippen LogP contribution in [0.15, 0.2) is 66.7 Å². The maximum absolute atomic E-state index is 12.4. The number of benzene rings is 3. The van der Waals surface area contributed by atoms with Gasteiger partial charge in [0, 0.05) is 22.8 Å². The number of nitrogen functional groups attached to an aromatic ring is 1. The van der Waals surface area contributed by atoms with E-state index in [1.165, 1.54) is 0 Å². The van der Waals surface area contributed by atoms with Crippen LogP contribution < -0.4 is 5.73 Å². The van der Waals surface area contributed by atoms with Gasteiger partial charge < -0.3 is 10.8 Å². The van der Waals surface area contributed by atoms with E-state index < -0.39 is 17.8 Å². The summed E-state index contributed by atoms with van der Waals surface area (Å²) in [7, 11) is 0. The lowest BCUT2D eigenvalue weighted by Crippen LogP contribution is -2.37. The molecule has 3 aromatic carbocycles. The first-order chi connectivity index (χ1) is 17.3. The molecule has 1 saturated carbocycles. The highest BCUT2D eigenvalue weighted by atomic mass is 35.5. The SMILES string of the molecule is Nc1cccc2c1C(=O)N(C[C@@H]1CCCC1C(=O)O)C2=O.O=Cc1ccc(-c2ccc(Cl)cc2)cc1. The molecular formula is C28H25ClN2O5. The number of carbonyl (C=O) groups excluding carboxylic acids is 3. The Morgan fingerprint density at radius 2 is 1.61 bits per heavy atom. The third-order valence-electron chi connectivity index (χ3n) is 6.65. The second-order valence-corrected chi connectivity index (χ2v) is 9.31. The minimum absolute atomic E-state index is 0.156. The largest absolute Gasteiger partial charge is 0.481 e. The summed E-state index contributed by atoms with van der Waals surface area (Å²) in [6.45, 7) is 0.156. The van der Waals surface area contributed by atoms with Crippen molar-refractivity contribution in [3.8, 4) is 11.1 Å². The van der Waals surface area contributed by atoms with Gasteiger partial charge in [-0.05, 0) is 54.2 Å². The van der Waals surface area contributed by atoms with Crippen molar-refractivity contribution in [3.63, 3.8) is 0 Å². The fourth-order valence-electron chi connectivity index (χ4n) is 4.74. The van der Waals surface area contributed by atoms with E-state index in [2.05, 4.69) is 0 Å². The van der Waals surface area contributed by atoms with Gasteiger partial charge in [-0.15, -0.1) is 0 Å². The number of rotatable bonds is 5. The number of hydrogen-bond acceptors (Lipinski definition) is 5. The van der Waals surface area contributed by atoms with E-state index in [1.54, 1.807) is 30.3 Å². The predicted octanol–water partition coefficient (Wildman–Crippen LogP) is 5.19. The molecule has 3 N–H and O–H groups in total. The fourth-order valence-corrected chi connectivity index (χ4v) is 4.86. The number of carboxylic acids is 1. The molecule has 5 rings (SSSR count). The molecule has 184 valence electrons. The smallest absolute Gasteiger partial charge is 0.306 e. The van der Waals surface area contributed by atoms with Gasteiger partial charge >= 0.3 is 5.97 Å². The van der Waals surface area contributed by atoms with Crippen molar-refractivity contribution in [1.82, 2.24) is 4.90 Å². The van der Waals surface area contributed by atoms with Crippen molar-refractivity contribution in [2.24, 2.45) is 11.8 Å². The van der Waals surface area contributed by atoms with Gasteiger partial charge in [-0.2, -0.15) is 0 Å². The summed E-state index contributed by atoms with van der Waals surface area (Å²) in [5, 5.41) is 9.92. The zero-order valence-electron chi connectivity index (χ0n) is 19.4. The van der Waals surface area contributed by atoms with Crippen molar-refractivity contribution in [2.45, 2.75) is 19.3 Å². The lowest BCUT2D eigenvalue weighted by Gasteiger charge is -2.21. The zero-order chi connectivity index (χ0) is 25.8. The van der Waals surface area contributed by atoms with Crippen LogP contribution in [0.5, 0.6) is 0 Å². The summed E-state index contributed by atoms with van der Waals surface area (Å²) in [6, 6.07) is 19.9. The molecular weight excluding hydrogens is 480 g/mol. The number of imide groups is 1. The van der Waals surface area contributed by atoms with Crippen molar-refractivity contribution in [3.05, 3.63) is 88.4 Å². The molecule has 3 aromatic rings. The standard InChI is InChI=1S/C15H16N2O4.C13H9ClO/c16-11-6-2-5-10-12(11)14(19)17(13(10)18)7-8-3-1-4-9(8)15(20)21;14-13-7-5-12(6-8-13)11-3-1-10(9-15)2-4-11/h2,5-6,8-9H,1,3-4,7,16H2,(H,20,21);1-9H/t8-,9?;/m0./s1. The highest BCUT2D eigenvalue weighted by molar-refractivity contribution is 6.30. The quantitative estimate of drug-likeness (QED) is 0.280. The molecule has 1 heterocycles. The van der Waals surface area contributed by atoms with Crippen LogP contribution in [0.1, 0.15) is 50.3 Å². The Balaban J connectivity index is 0.000000179. The van der Waals surface area contributed by atoms with Crippen LogP contribution in [0.4, 0.5) is 5.69 Å². The number of amides is 2. The van der Waals surface area contributed by atoms with E-state index in [9.17, 15) is 24.3 Å². The number of aldehydes is 1. The van der Waals surface area contributed by atoms with Gasteiger partial charge in [-0.25, -0.2) is 0 Å². The molecule has 2 atom stereocenters. The van der Waals surface area contributed by atoms with E-state index in [4.69, 9.17) is 17.3 Å². The van der Waals surface area contributed by atoms with E-state index in [-0.39, 0.29) is 29.6 Å². The number of carboxylic acid groups (broad SMARTS) is 1. The number of aliphatic carboxylic acids is 1. The normalized spacial score (nSPS) is 18.4. The first-order valence-electron chi connectivity index (χ1n) is 11.6. The van der Waals surface area contributed by atoms with Crippen LogP contribution in [-0.4, -0.2) is 40.6 Å². The molecule has 1 fully saturated rings. The Kier molecular flexibility index (Phi) is 7.50. The Morgan fingerprint density at radius 1 is 0.972 bits per heavy atom. The molecule has 0 radical (unpaired) electrons. The van der Waals surface area contributed by atoms with Gasteiger partial charge in [0.25, 0.3) is 11.8 Å². The topological polar surface area (TPSA) is 118 Å². The van der Waals surface area contributed by atoms with E-state index in [1.807, 2.05) is 36.4 Å². The molecule has 0 bridgehead atoms. The van der Waals surface area contributed by atoms with Gasteiger partial charge in [0.05, 0.1) is 17.0 Å². The summed E-state index contributed by atoms with van der Waals surface area (Å²) in [5.74, 6) is -2.30. The third kappa shape index (κ3) is 5.16. The predicted molar refractivity (Wildman–Crippen MR) is 137 cm³/mol. The maximum Gasteiger partial charge on any atom is 0.306 e. The molecule has 8 heteroatoms. The minimum atomic E-state index is -0.853. The number of hydrogen-bond donors (Lipinski definition) is 2. The van der Waals surface area contributed by atoms with Gasteiger partial charge in [0.1, 0.15) is 6.29 Å². The van der Waals surface area contributed by atoms with Crippen LogP contribution in [0.2, 0.25) is 5.02 Å². The zero-order valence-corrected chi connectivity index (χ0v) is 20.1. The van der Waals surface area contributed by atoms with Crippen LogP contribution in [0, 0.1) is 11.8 Å². The summed E-state index contributed by atoms with van der Waals surface area (Å²) in [5.41, 5.74) is 9.48. The van der Waals surface area contributed by atoms with E-state index >= 15 is 0 Å². The second-order valence-electron chi connectivity index (χ2n) is 8.87. The summed E-state index contributed by atoms with van der Waals surface area (Å²) in [6.07, 6.45) is 2.98. The van der Waals surface area contributed by atoms with Crippen molar-refractivity contribution in [2.75, 3.05) is 12.3 Å². The van der Waals surface area contributed by atoms with Gasteiger partial charge in [-0.1, -0.05) is 60.5 Å². The van der Waals surface area contributed by atoms with Gasteiger partial charge in [0.2, 0.25) is 0 Å². The molecule has 7 nitrogen and oxygen atoms in total. The lowest BCUT2D eigenvalue weighted by atomic mass is 9.95. The van der Waals surface area contributed by atoms with Crippen molar-refractivity contribution in [1.29, 1.82) is 0 Å². The van der Waals surface area contributed by atoms with Crippen molar-refractivity contribution < 1.29 is 24.3 Å². The molecule has 2 aliphatic rings. The average Bonchev–Trinajstić information content (AvgIpc) is 3.45. The Labute approximate surface area is 213 Å². The second kappa shape index (κ2) is 10.7. The van der Waals surface area contributed by atoms with Crippen LogP contribution in [0.25, 0.3) is 11.1 Å². The Hall–Kier alpha value is -3.97. The highest BCUT2D eigenvalue weighted by Crippen LogP contribution is 2.35. The molecule has 0 spiro atoms. The molecule has 2 amide bonds. The summed E-state index contributed by atoms with van der Waals surface area (Å²) >= 11 is 5.80. The average molecular weight is 505 g/mol. The fraction of sp³-hybridized carbons (Fsp3) is 0.214. The Morgan fingerprint density at radius 3 is 2.19 bits per heavy atom. The molecule has 1 unspecified atom stereocenters. The molecule has 1 aliphatic carbocycles. The number of fused-ring (bicyclic) bond motifs is 1. The van der Waals surface area contributed by atoms with Crippen molar-refractivity contribution >= 4 is 41.4 Å². The van der Waals surface area contributed by atoms with Crippen LogP contribution in [0.3, 0.4) is 0 Å². The molecule has 0 saturated heterocycles.